The van der Waals surface area contributed by atoms with Crippen molar-refractivity contribution in [2.75, 3.05) is 7.11 Å². The van der Waals surface area contributed by atoms with E-state index in [0.29, 0.717) is 13.0 Å². The molecule has 1 amide bonds. The van der Waals surface area contributed by atoms with E-state index < -0.39 is 0 Å². The van der Waals surface area contributed by atoms with Gasteiger partial charge in [0.05, 0.1) is 13.7 Å². The highest BCUT2D eigenvalue weighted by Gasteiger charge is 2.14. The van der Waals surface area contributed by atoms with Crippen molar-refractivity contribution in [3.63, 3.8) is 0 Å². The maximum Gasteiger partial charge on any atom is 0.220 e. The van der Waals surface area contributed by atoms with Crippen LogP contribution in [0.1, 0.15) is 44.6 Å². The molecule has 0 aliphatic rings. The number of rotatable bonds is 8. The predicted molar refractivity (Wildman–Crippen MR) is 92.7 cm³/mol. The lowest BCUT2D eigenvalue weighted by Gasteiger charge is -2.14. The maximum absolute atomic E-state index is 12.2. The minimum Gasteiger partial charge on any atom is -0.496 e. The van der Waals surface area contributed by atoms with Crippen molar-refractivity contribution in [2.45, 2.75) is 46.2 Å². The van der Waals surface area contributed by atoms with Gasteiger partial charge >= 0.3 is 0 Å². The fourth-order valence-corrected chi connectivity index (χ4v) is 2.71. The van der Waals surface area contributed by atoms with Crippen molar-refractivity contribution in [2.24, 2.45) is 5.92 Å². The van der Waals surface area contributed by atoms with Crippen LogP contribution < -0.4 is 10.1 Å². The topological polar surface area (TPSA) is 69.0 Å². The molecular formula is C18H26N4O2. The molecule has 130 valence electrons. The Morgan fingerprint density at radius 3 is 2.75 bits per heavy atom. The molecule has 1 N–H and O–H groups in total. The van der Waals surface area contributed by atoms with Crippen LogP contribution in [0.15, 0.2) is 30.6 Å². The number of nitrogens with zero attached hydrogens (tertiary/aromatic N) is 3. The van der Waals surface area contributed by atoms with Gasteiger partial charge in [-0.25, -0.2) is 0 Å². The molecule has 0 fully saturated rings. The zero-order valence-corrected chi connectivity index (χ0v) is 14.8. The first kappa shape index (κ1) is 18.0. The van der Waals surface area contributed by atoms with Crippen molar-refractivity contribution in [1.29, 1.82) is 0 Å². The van der Waals surface area contributed by atoms with Gasteiger partial charge in [-0.05, 0) is 37.8 Å². The molecule has 1 aromatic carbocycles. The third-order valence-corrected chi connectivity index (χ3v) is 3.94. The lowest BCUT2D eigenvalue weighted by Crippen LogP contribution is -2.26. The molecule has 2 aromatic rings. The van der Waals surface area contributed by atoms with Crippen LogP contribution in [0.2, 0.25) is 0 Å². The monoisotopic (exact) mass is 330 g/mol. The van der Waals surface area contributed by atoms with Gasteiger partial charge in [-0.1, -0.05) is 25.1 Å². The van der Waals surface area contributed by atoms with Crippen LogP contribution >= 0.6 is 0 Å². The van der Waals surface area contributed by atoms with E-state index >= 15 is 0 Å². The number of nitrogens with one attached hydrogen (secondary N) is 1. The van der Waals surface area contributed by atoms with E-state index in [-0.39, 0.29) is 17.9 Å². The lowest BCUT2D eigenvalue weighted by atomic mass is 9.97. The molecule has 0 aliphatic heterocycles. The first-order valence-corrected chi connectivity index (χ1v) is 8.28. The zero-order chi connectivity index (χ0) is 17.5. The van der Waals surface area contributed by atoms with Crippen LogP contribution in [-0.4, -0.2) is 27.8 Å². The van der Waals surface area contributed by atoms with E-state index in [1.165, 1.54) is 0 Å². The quantitative estimate of drug-likeness (QED) is 0.808. The third-order valence-electron chi connectivity index (χ3n) is 3.94. The van der Waals surface area contributed by atoms with Crippen molar-refractivity contribution in [1.82, 2.24) is 20.1 Å². The summed E-state index contributed by atoms with van der Waals surface area (Å²) in [6.45, 7) is 6.59. The molecule has 0 saturated heterocycles. The first-order valence-electron chi connectivity index (χ1n) is 8.28. The molecule has 2 rings (SSSR count). The number of ether oxygens (including phenoxy) is 1. The number of amides is 1. The van der Waals surface area contributed by atoms with E-state index in [1.54, 1.807) is 13.4 Å². The standard InChI is InChI=1S/C18H26N4O2/c1-13(2)22-12-20-21-17(22)11-19-18(23)10-14(3)9-15-7-5-6-8-16(15)24-4/h5-8,12-14H,9-11H2,1-4H3,(H,19,23)/t14-/m1/s1. The number of carbonyl (C=O) groups is 1. The Balaban J connectivity index is 1.84. The SMILES string of the molecule is COc1ccccc1C[C@@H](C)CC(=O)NCc1nncn1C(C)C. The highest BCUT2D eigenvalue weighted by molar-refractivity contribution is 5.76. The van der Waals surface area contributed by atoms with Crippen molar-refractivity contribution in [3.05, 3.63) is 42.0 Å². The number of carbonyl (C=O) groups excluding carboxylic acids is 1. The Morgan fingerprint density at radius 1 is 1.29 bits per heavy atom. The average molecular weight is 330 g/mol. The summed E-state index contributed by atoms with van der Waals surface area (Å²) in [5, 5.41) is 10.9. The second-order valence-corrected chi connectivity index (χ2v) is 6.35. The van der Waals surface area contributed by atoms with E-state index in [1.807, 2.05) is 28.8 Å². The third kappa shape index (κ3) is 4.81. The van der Waals surface area contributed by atoms with Gasteiger partial charge in [-0.15, -0.1) is 10.2 Å². The minimum atomic E-state index is 0.0238. The minimum absolute atomic E-state index is 0.0238. The molecule has 0 bridgehead atoms. The second-order valence-electron chi connectivity index (χ2n) is 6.35. The van der Waals surface area contributed by atoms with Crippen LogP contribution in [0.25, 0.3) is 0 Å². The Kier molecular flexibility index (Phi) is 6.35. The second kappa shape index (κ2) is 8.47. The van der Waals surface area contributed by atoms with Gasteiger partial charge in [0.15, 0.2) is 5.82 Å². The number of aromatic nitrogens is 3. The zero-order valence-electron chi connectivity index (χ0n) is 14.8. The summed E-state index contributed by atoms with van der Waals surface area (Å²) in [6.07, 6.45) is 2.96. The number of methoxy groups -OCH3 is 1. The molecule has 0 radical (unpaired) electrons. The van der Waals surface area contributed by atoms with Crippen molar-refractivity contribution < 1.29 is 9.53 Å². The average Bonchev–Trinajstić information content (AvgIpc) is 3.02. The smallest absolute Gasteiger partial charge is 0.220 e. The Morgan fingerprint density at radius 2 is 2.04 bits per heavy atom. The van der Waals surface area contributed by atoms with Crippen LogP contribution in [0, 0.1) is 5.92 Å². The fraction of sp³-hybridized carbons (Fsp3) is 0.500. The molecule has 1 atom stereocenters. The number of hydrogen-bond acceptors (Lipinski definition) is 4. The summed E-state index contributed by atoms with van der Waals surface area (Å²) in [6, 6.07) is 8.20. The van der Waals surface area contributed by atoms with Gasteiger partial charge in [0.2, 0.25) is 5.91 Å². The van der Waals surface area contributed by atoms with Gasteiger partial charge in [0, 0.05) is 12.5 Å². The van der Waals surface area contributed by atoms with Crippen molar-refractivity contribution in [3.8, 4) is 5.75 Å². The van der Waals surface area contributed by atoms with Crippen LogP contribution in [0.4, 0.5) is 0 Å². The van der Waals surface area contributed by atoms with Gasteiger partial charge in [-0.3, -0.25) is 4.79 Å². The largest absolute Gasteiger partial charge is 0.496 e. The Bertz CT molecular complexity index is 667. The molecule has 0 unspecified atom stereocenters. The van der Waals surface area contributed by atoms with Gasteiger partial charge < -0.3 is 14.6 Å². The normalized spacial score (nSPS) is 12.2. The van der Waals surface area contributed by atoms with Gasteiger partial charge in [0.1, 0.15) is 12.1 Å². The molecule has 0 aliphatic carbocycles. The van der Waals surface area contributed by atoms with E-state index in [2.05, 4.69) is 36.3 Å². The first-order chi connectivity index (χ1) is 11.5. The van der Waals surface area contributed by atoms with Crippen molar-refractivity contribution >= 4 is 5.91 Å². The number of benzene rings is 1. The van der Waals surface area contributed by atoms with Gasteiger partial charge in [0.25, 0.3) is 0 Å². The summed E-state index contributed by atoms with van der Waals surface area (Å²) in [4.78, 5) is 12.2. The van der Waals surface area contributed by atoms with Crippen LogP contribution in [0.3, 0.4) is 0 Å². The molecule has 6 heteroatoms. The van der Waals surface area contributed by atoms with Crippen LogP contribution in [0.5, 0.6) is 5.75 Å². The molecule has 0 saturated carbocycles. The highest BCUT2D eigenvalue weighted by atomic mass is 16.5. The summed E-state index contributed by atoms with van der Waals surface area (Å²) < 4.78 is 7.32. The van der Waals surface area contributed by atoms with E-state index in [4.69, 9.17) is 4.74 Å². The molecule has 6 nitrogen and oxygen atoms in total. The molecular weight excluding hydrogens is 304 g/mol. The summed E-state index contributed by atoms with van der Waals surface area (Å²) in [5.74, 6) is 1.89. The van der Waals surface area contributed by atoms with Gasteiger partial charge in [-0.2, -0.15) is 0 Å². The highest BCUT2D eigenvalue weighted by Crippen LogP contribution is 2.22. The summed E-state index contributed by atoms with van der Waals surface area (Å²) in [5.41, 5.74) is 1.12. The fourth-order valence-electron chi connectivity index (χ4n) is 2.71. The maximum atomic E-state index is 12.2. The predicted octanol–water partition coefficient (Wildman–Crippen LogP) is 2.75. The summed E-state index contributed by atoms with van der Waals surface area (Å²) >= 11 is 0. The summed E-state index contributed by atoms with van der Waals surface area (Å²) in [7, 11) is 1.67. The molecule has 1 aromatic heterocycles. The molecule has 1 heterocycles. The molecule has 24 heavy (non-hydrogen) atoms. The molecule has 0 spiro atoms. The lowest BCUT2D eigenvalue weighted by molar-refractivity contribution is -0.122. The number of hydrogen-bond donors (Lipinski definition) is 1. The number of para-hydroxylation sites is 1. The Hall–Kier alpha value is -2.37. The Labute approximate surface area is 143 Å². The van der Waals surface area contributed by atoms with Crippen LogP contribution in [-0.2, 0) is 17.8 Å². The van der Waals surface area contributed by atoms with E-state index in [9.17, 15) is 4.79 Å². The van der Waals surface area contributed by atoms with E-state index in [0.717, 1.165) is 23.6 Å².